The van der Waals surface area contributed by atoms with Gasteiger partial charge in [0.25, 0.3) is 0 Å². The van der Waals surface area contributed by atoms with E-state index in [1.165, 1.54) is 6.92 Å². The zero-order valence-electron chi connectivity index (χ0n) is 12.9. The zero-order valence-corrected chi connectivity index (χ0v) is 12.9. The highest BCUT2D eigenvalue weighted by Gasteiger charge is 2.27. The second kappa shape index (κ2) is 6.89. The number of nitriles is 1. The molecule has 0 aromatic heterocycles. The van der Waals surface area contributed by atoms with Crippen LogP contribution in [-0.2, 0) is 16.1 Å². The van der Waals surface area contributed by atoms with Gasteiger partial charge in [0.05, 0.1) is 6.07 Å². The minimum absolute atomic E-state index is 0.0116. The van der Waals surface area contributed by atoms with Crippen molar-refractivity contribution in [2.45, 2.75) is 34.2 Å². The van der Waals surface area contributed by atoms with E-state index in [-0.39, 0.29) is 11.8 Å². The van der Waals surface area contributed by atoms with Gasteiger partial charge in [0.2, 0.25) is 11.8 Å². The van der Waals surface area contributed by atoms with E-state index in [4.69, 9.17) is 5.26 Å². The first-order chi connectivity index (χ1) is 9.80. The van der Waals surface area contributed by atoms with E-state index in [2.05, 4.69) is 5.32 Å². The number of hydrogen-bond donors (Lipinski definition) is 1. The SMILES string of the molecule is CCN(Cc1cccc(NC(=O)C(C)(C)C#N)c1)C(C)=O. The Kier molecular flexibility index (Phi) is 5.48. The summed E-state index contributed by atoms with van der Waals surface area (Å²) in [4.78, 5) is 25.1. The molecule has 2 amide bonds. The lowest BCUT2D eigenvalue weighted by atomic mass is 9.94. The Balaban J connectivity index is 2.85. The molecule has 1 rings (SSSR count). The largest absolute Gasteiger partial charge is 0.339 e. The highest BCUT2D eigenvalue weighted by Crippen LogP contribution is 2.18. The number of carbonyl (C=O) groups is 2. The standard InChI is InChI=1S/C16H21N3O2/c1-5-19(12(2)20)10-13-7-6-8-14(9-13)18-15(21)16(3,4)11-17/h6-9H,5,10H2,1-4H3,(H,18,21). The molecule has 0 spiro atoms. The van der Waals surface area contributed by atoms with Gasteiger partial charge in [-0.2, -0.15) is 5.26 Å². The first-order valence-corrected chi connectivity index (χ1v) is 6.87. The third-order valence-corrected chi connectivity index (χ3v) is 3.23. The van der Waals surface area contributed by atoms with E-state index in [0.717, 1.165) is 5.56 Å². The Labute approximate surface area is 125 Å². The van der Waals surface area contributed by atoms with E-state index >= 15 is 0 Å². The van der Waals surface area contributed by atoms with Crippen LogP contribution in [0.25, 0.3) is 0 Å². The molecular formula is C16H21N3O2. The van der Waals surface area contributed by atoms with Crippen LogP contribution >= 0.6 is 0 Å². The fourth-order valence-corrected chi connectivity index (χ4v) is 1.75. The van der Waals surface area contributed by atoms with Gasteiger partial charge in [-0.3, -0.25) is 9.59 Å². The zero-order chi connectivity index (χ0) is 16.0. The first kappa shape index (κ1) is 16.7. The fraction of sp³-hybridized carbons (Fsp3) is 0.438. The Hall–Kier alpha value is -2.35. The molecule has 0 saturated heterocycles. The number of anilines is 1. The molecule has 0 fully saturated rings. The molecule has 0 atom stereocenters. The van der Waals surface area contributed by atoms with Crippen molar-refractivity contribution in [3.8, 4) is 6.07 Å². The van der Waals surface area contributed by atoms with Crippen LogP contribution in [0.15, 0.2) is 24.3 Å². The molecule has 0 aliphatic rings. The minimum Gasteiger partial charge on any atom is -0.339 e. The molecule has 1 aromatic carbocycles. The number of nitrogens with zero attached hydrogens (tertiary/aromatic N) is 2. The maximum absolute atomic E-state index is 12.0. The second-order valence-electron chi connectivity index (χ2n) is 5.42. The Bertz CT molecular complexity index is 573. The normalized spacial score (nSPS) is 10.6. The van der Waals surface area contributed by atoms with Crippen molar-refractivity contribution >= 4 is 17.5 Å². The van der Waals surface area contributed by atoms with Crippen LogP contribution in [0.4, 0.5) is 5.69 Å². The Morgan fingerprint density at radius 2 is 2.05 bits per heavy atom. The number of benzene rings is 1. The van der Waals surface area contributed by atoms with Crippen molar-refractivity contribution in [1.29, 1.82) is 5.26 Å². The number of carbonyl (C=O) groups excluding carboxylic acids is 2. The average Bonchev–Trinajstić information content (AvgIpc) is 2.44. The van der Waals surface area contributed by atoms with E-state index in [1.54, 1.807) is 24.8 Å². The monoisotopic (exact) mass is 287 g/mol. The van der Waals surface area contributed by atoms with Crippen molar-refractivity contribution in [3.05, 3.63) is 29.8 Å². The molecule has 0 aliphatic heterocycles. The minimum atomic E-state index is -1.08. The quantitative estimate of drug-likeness (QED) is 0.904. The van der Waals surface area contributed by atoms with Crippen LogP contribution in [0.5, 0.6) is 0 Å². The summed E-state index contributed by atoms with van der Waals surface area (Å²) in [5, 5.41) is 11.7. The van der Waals surface area contributed by atoms with Gasteiger partial charge in [0, 0.05) is 25.7 Å². The molecule has 0 unspecified atom stereocenters. The molecule has 112 valence electrons. The lowest BCUT2D eigenvalue weighted by Gasteiger charge is -2.20. The van der Waals surface area contributed by atoms with Gasteiger partial charge in [-0.05, 0) is 38.5 Å². The molecule has 1 aromatic rings. The fourth-order valence-electron chi connectivity index (χ4n) is 1.75. The number of nitrogens with one attached hydrogen (secondary N) is 1. The van der Waals surface area contributed by atoms with Crippen LogP contribution < -0.4 is 5.32 Å². The van der Waals surface area contributed by atoms with Gasteiger partial charge >= 0.3 is 0 Å². The highest BCUT2D eigenvalue weighted by molar-refractivity contribution is 5.96. The van der Waals surface area contributed by atoms with Gasteiger partial charge in [0.15, 0.2) is 0 Å². The summed E-state index contributed by atoms with van der Waals surface area (Å²) in [6.45, 7) is 7.72. The van der Waals surface area contributed by atoms with Crippen molar-refractivity contribution in [2.75, 3.05) is 11.9 Å². The molecule has 0 radical (unpaired) electrons. The van der Waals surface area contributed by atoms with Gasteiger partial charge < -0.3 is 10.2 Å². The van der Waals surface area contributed by atoms with Crippen LogP contribution in [0.2, 0.25) is 0 Å². The van der Waals surface area contributed by atoms with Crippen LogP contribution in [0, 0.1) is 16.7 Å². The number of rotatable bonds is 5. The second-order valence-corrected chi connectivity index (χ2v) is 5.42. The summed E-state index contributed by atoms with van der Waals surface area (Å²) in [6.07, 6.45) is 0. The van der Waals surface area contributed by atoms with Crippen molar-refractivity contribution in [3.63, 3.8) is 0 Å². The third kappa shape index (κ3) is 4.60. The first-order valence-electron chi connectivity index (χ1n) is 6.87. The molecule has 0 saturated carbocycles. The van der Waals surface area contributed by atoms with Crippen LogP contribution in [-0.4, -0.2) is 23.3 Å². The van der Waals surface area contributed by atoms with Crippen LogP contribution in [0.3, 0.4) is 0 Å². The number of hydrogen-bond acceptors (Lipinski definition) is 3. The summed E-state index contributed by atoms with van der Waals surface area (Å²) in [6, 6.07) is 9.26. The highest BCUT2D eigenvalue weighted by atomic mass is 16.2. The maximum Gasteiger partial charge on any atom is 0.244 e. The van der Waals surface area contributed by atoms with Crippen molar-refractivity contribution < 1.29 is 9.59 Å². The van der Waals surface area contributed by atoms with Crippen molar-refractivity contribution in [2.24, 2.45) is 5.41 Å². The molecule has 5 nitrogen and oxygen atoms in total. The summed E-state index contributed by atoms with van der Waals surface area (Å²) in [7, 11) is 0. The molecule has 1 N–H and O–H groups in total. The van der Waals surface area contributed by atoms with Gasteiger partial charge in [-0.25, -0.2) is 0 Å². The molecule has 21 heavy (non-hydrogen) atoms. The topological polar surface area (TPSA) is 73.2 Å². The van der Waals surface area contributed by atoms with Crippen molar-refractivity contribution in [1.82, 2.24) is 4.90 Å². The van der Waals surface area contributed by atoms with Gasteiger partial charge in [-0.15, -0.1) is 0 Å². The summed E-state index contributed by atoms with van der Waals surface area (Å²) in [5.41, 5.74) is 0.477. The molecular weight excluding hydrogens is 266 g/mol. The Morgan fingerprint density at radius 3 is 2.57 bits per heavy atom. The van der Waals surface area contributed by atoms with Gasteiger partial charge in [0.1, 0.15) is 5.41 Å². The predicted molar refractivity (Wildman–Crippen MR) is 81.2 cm³/mol. The number of amides is 2. The maximum atomic E-state index is 12.0. The molecule has 5 heteroatoms. The summed E-state index contributed by atoms with van der Waals surface area (Å²) in [5.74, 6) is -0.335. The molecule has 0 heterocycles. The summed E-state index contributed by atoms with van der Waals surface area (Å²) < 4.78 is 0. The summed E-state index contributed by atoms with van der Waals surface area (Å²) >= 11 is 0. The molecule has 0 bridgehead atoms. The average molecular weight is 287 g/mol. The Morgan fingerprint density at radius 1 is 1.38 bits per heavy atom. The molecule has 0 aliphatic carbocycles. The van der Waals surface area contributed by atoms with E-state index in [9.17, 15) is 9.59 Å². The van der Waals surface area contributed by atoms with E-state index in [1.807, 2.05) is 31.2 Å². The predicted octanol–water partition coefficient (Wildman–Crippen LogP) is 2.54. The van der Waals surface area contributed by atoms with Gasteiger partial charge in [-0.1, -0.05) is 12.1 Å². The van der Waals surface area contributed by atoms with E-state index < -0.39 is 5.41 Å². The third-order valence-electron chi connectivity index (χ3n) is 3.23. The lowest BCUT2D eigenvalue weighted by molar-refractivity contribution is -0.129. The lowest BCUT2D eigenvalue weighted by Crippen LogP contribution is -2.29. The van der Waals surface area contributed by atoms with E-state index in [0.29, 0.717) is 18.8 Å². The van der Waals surface area contributed by atoms with Crippen LogP contribution in [0.1, 0.15) is 33.3 Å². The smallest absolute Gasteiger partial charge is 0.244 e.